The second kappa shape index (κ2) is 8.43. The highest BCUT2D eigenvalue weighted by atomic mass is 32.2. The molecule has 0 aromatic heterocycles. The van der Waals surface area contributed by atoms with Gasteiger partial charge in [-0.25, -0.2) is 4.79 Å². The number of fused-ring (bicyclic) bond motifs is 1. The van der Waals surface area contributed by atoms with E-state index >= 15 is 0 Å². The third-order valence-electron chi connectivity index (χ3n) is 5.34. The highest BCUT2D eigenvalue weighted by Gasteiger charge is 2.42. The lowest BCUT2D eigenvalue weighted by Gasteiger charge is -2.35. The smallest absolute Gasteiger partial charge is 0.337 e. The van der Waals surface area contributed by atoms with Gasteiger partial charge in [-0.2, -0.15) is 11.8 Å². The molecule has 1 aromatic rings. The summed E-state index contributed by atoms with van der Waals surface area (Å²) in [6, 6.07) is 6.92. The number of hydrogen-bond donors (Lipinski definition) is 1. The highest BCUT2D eigenvalue weighted by molar-refractivity contribution is 7.98. The monoisotopic (exact) mass is 365 g/mol. The topological polar surface area (TPSA) is 59.0 Å². The molecule has 6 heteroatoms. The van der Waals surface area contributed by atoms with Crippen molar-refractivity contribution in [3.63, 3.8) is 0 Å². The molecule has 0 amide bonds. The third kappa shape index (κ3) is 4.49. The Balaban J connectivity index is 1.57. The quantitative estimate of drug-likeness (QED) is 0.781. The van der Waals surface area contributed by atoms with Gasteiger partial charge in [0.15, 0.2) is 0 Å². The normalized spacial score (nSPS) is 29.2. The zero-order valence-electron chi connectivity index (χ0n) is 14.9. The van der Waals surface area contributed by atoms with Crippen LogP contribution in [0.25, 0.3) is 0 Å². The van der Waals surface area contributed by atoms with E-state index in [1.807, 2.05) is 11.8 Å². The summed E-state index contributed by atoms with van der Waals surface area (Å²) in [6.45, 7) is 3.34. The van der Waals surface area contributed by atoms with Crippen molar-refractivity contribution < 1.29 is 19.4 Å². The van der Waals surface area contributed by atoms with Gasteiger partial charge < -0.3 is 19.5 Å². The van der Waals surface area contributed by atoms with E-state index in [0.29, 0.717) is 23.1 Å². The molecule has 0 radical (unpaired) electrons. The van der Waals surface area contributed by atoms with E-state index in [4.69, 9.17) is 9.47 Å². The number of aliphatic hydroxyl groups excluding tert-OH is 1. The van der Waals surface area contributed by atoms with Gasteiger partial charge in [-0.3, -0.25) is 0 Å². The fourth-order valence-corrected chi connectivity index (χ4v) is 4.42. The van der Waals surface area contributed by atoms with E-state index in [1.165, 1.54) is 7.11 Å². The lowest BCUT2D eigenvalue weighted by atomic mass is 9.78. The lowest BCUT2D eigenvalue weighted by Crippen LogP contribution is -2.42. The molecule has 5 nitrogen and oxygen atoms in total. The van der Waals surface area contributed by atoms with Crippen molar-refractivity contribution in [1.82, 2.24) is 4.90 Å². The van der Waals surface area contributed by atoms with Crippen LogP contribution < -0.4 is 4.74 Å². The van der Waals surface area contributed by atoms with Crippen LogP contribution in [0.4, 0.5) is 0 Å². The molecule has 3 rings (SSSR count). The van der Waals surface area contributed by atoms with E-state index < -0.39 is 6.10 Å². The number of carbonyl (C=O) groups excluding carboxylic acids is 1. The molecule has 0 spiro atoms. The highest BCUT2D eigenvalue weighted by Crippen LogP contribution is 2.38. The summed E-state index contributed by atoms with van der Waals surface area (Å²) in [7, 11) is 1.37. The molecule has 1 aromatic carbocycles. The minimum Gasteiger partial charge on any atom is -0.488 e. The molecular weight excluding hydrogens is 338 g/mol. The molecule has 1 aliphatic heterocycles. The number of esters is 1. The van der Waals surface area contributed by atoms with Crippen LogP contribution in [-0.4, -0.2) is 66.9 Å². The first-order valence-electron chi connectivity index (χ1n) is 8.85. The Morgan fingerprint density at radius 3 is 2.56 bits per heavy atom. The Kier molecular flexibility index (Phi) is 6.25. The number of hydrogen-bond acceptors (Lipinski definition) is 6. The van der Waals surface area contributed by atoms with Gasteiger partial charge in [-0.15, -0.1) is 0 Å². The SMILES string of the molecule is COC(=O)c1ccc(O[C@@H]2C[C@@H]3CN(CCSC)C[C@@H]3C[C@H]2O)cc1. The number of rotatable bonds is 6. The molecule has 1 saturated heterocycles. The van der Waals surface area contributed by atoms with E-state index in [1.54, 1.807) is 24.3 Å². The van der Waals surface area contributed by atoms with Crippen molar-refractivity contribution in [1.29, 1.82) is 0 Å². The van der Waals surface area contributed by atoms with Gasteiger partial charge in [0.25, 0.3) is 0 Å². The van der Waals surface area contributed by atoms with Crippen molar-refractivity contribution in [2.75, 3.05) is 38.8 Å². The summed E-state index contributed by atoms with van der Waals surface area (Å²) in [4.78, 5) is 14.0. The van der Waals surface area contributed by atoms with Crippen LogP contribution >= 0.6 is 11.8 Å². The average molecular weight is 365 g/mol. The molecule has 4 atom stereocenters. The summed E-state index contributed by atoms with van der Waals surface area (Å²) in [5.74, 6) is 2.67. The fourth-order valence-electron chi connectivity index (χ4n) is 3.98. The maximum atomic E-state index is 11.5. The molecule has 1 N–H and O–H groups in total. The fraction of sp³-hybridized carbons (Fsp3) is 0.632. The van der Waals surface area contributed by atoms with E-state index in [2.05, 4.69) is 11.2 Å². The summed E-state index contributed by atoms with van der Waals surface area (Å²) in [5.41, 5.74) is 0.499. The van der Waals surface area contributed by atoms with Crippen molar-refractivity contribution in [2.24, 2.45) is 11.8 Å². The lowest BCUT2D eigenvalue weighted by molar-refractivity contribution is -0.0231. The van der Waals surface area contributed by atoms with Gasteiger partial charge in [0.2, 0.25) is 0 Å². The first-order chi connectivity index (χ1) is 12.1. The van der Waals surface area contributed by atoms with Gasteiger partial charge in [0, 0.05) is 25.4 Å². The predicted molar refractivity (Wildman–Crippen MR) is 99.2 cm³/mol. The van der Waals surface area contributed by atoms with Crippen LogP contribution in [0.15, 0.2) is 24.3 Å². The molecule has 2 aliphatic rings. The van der Waals surface area contributed by atoms with Gasteiger partial charge in [-0.05, 0) is 55.2 Å². The standard InChI is InChI=1S/C19H27NO4S/c1-23-19(22)13-3-5-16(6-4-13)24-18-10-15-12-20(7-8-25-2)11-14(15)9-17(18)21/h3-6,14-15,17-18,21H,7-12H2,1-2H3/t14-,15+,17+,18+/m0/s1. The molecule has 138 valence electrons. The zero-order chi connectivity index (χ0) is 17.8. The van der Waals surface area contributed by atoms with Gasteiger partial charge >= 0.3 is 5.97 Å². The molecule has 0 bridgehead atoms. The van der Waals surface area contributed by atoms with Crippen LogP contribution in [0, 0.1) is 11.8 Å². The van der Waals surface area contributed by atoms with E-state index in [9.17, 15) is 9.90 Å². The number of aliphatic hydroxyl groups is 1. The molecule has 2 fully saturated rings. The van der Waals surface area contributed by atoms with Crippen molar-refractivity contribution in [2.45, 2.75) is 25.0 Å². The average Bonchev–Trinajstić information content (AvgIpc) is 3.01. The summed E-state index contributed by atoms with van der Waals surface area (Å²) < 4.78 is 10.7. The van der Waals surface area contributed by atoms with Crippen LogP contribution in [-0.2, 0) is 4.74 Å². The Bertz CT molecular complexity index is 579. The van der Waals surface area contributed by atoms with Crippen molar-refractivity contribution >= 4 is 17.7 Å². The number of thioether (sulfide) groups is 1. The molecular formula is C19H27NO4S. The van der Waals surface area contributed by atoms with Crippen LogP contribution in [0.5, 0.6) is 5.75 Å². The maximum Gasteiger partial charge on any atom is 0.337 e. The number of carbonyl (C=O) groups is 1. The molecule has 0 unspecified atom stereocenters. The number of benzene rings is 1. The first kappa shape index (κ1) is 18.5. The predicted octanol–water partition coefficient (Wildman–Crippen LogP) is 2.29. The summed E-state index contributed by atoms with van der Waals surface area (Å²) in [6.07, 6.45) is 3.24. The van der Waals surface area contributed by atoms with Crippen molar-refractivity contribution in [3.8, 4) is 5.75 Å². The molecule has 25 heavy (non-hydrogen) atoms. The first-order valence-corrected chi connectivity index (χ1v) is 10.2. The minimum atomic E-state index is -0.429. The van der Waals surface area contributed by atoms with Gasteiger partial charge in [0.05, 0.1) is 18.8 Å². The Morgan fingerprint density at radius 2 is 1.92 bits per heavy atom. The number of methoxy groups -OCH3 is 1. The number of likely N-dealkylation sites (tertiary alicyclic amines) is 1. The minimum absolute atomic E-state index is 0.175. The van der Waals surface area contributed by atoms with Crippen LogP contribution in [0.3, 0.4) is 0 Å². The molecule has 1 aliphatic carbocycles. The zero-order valence-corrected chi connectivity index (χ0v) is 15.7. The van der Waals surface area contributed by atoms with Gasteiger partial charge in [0.1, 0.15) is 11.9 Å². The second-order valence-corrected chi connectivity index (χ2v) is 7.97. The summed E-state index contributed by atoms with van der Waals surface area (Å²) >= 11 is 1.88. The van der Waals surface area contributed by atoms with E-state index in [-0.39, 0.29) is 12.1 Å². The van der Waals surface area contributed by atoms with E-state index in [0.717, 1.165) is 38.2 Å². The maximum absolute atomic E-state index is 11.5. The molecule has 1 saturated carbocycles. The van der Waals surface area contributed by atoms with Gasteiger partial charge in [-0.1, -0.05) is 0 Å². The largest absolute Gasteiger partial charge is 0.488 e. The van der Waals surface area contributed by atoms with Crippen molar-refractivity contribution in [3.05, 3.63) is 29.8 Å². The summed E-state index contributed by atoms with van der Waals surface area (Å²) in [5, 5.41) is 10.5. The molecule has 1 heterocycles. The Labute approximate surface area is 153 Å². The second-order valence-electron chi connectivity index (χ2n) is 6.98. The number of ether oxygens (including phenoxy) is 2. The Hall–Kier alpha value is -1.24. The third-order valence-corrected chi connectivity index (χ3v) is 5.93. The van der Waals surface area contributed by atoms with Crippen LogP contribution in [0.1, 0.15) is 23.2 Å². The Morgan fingerprint density at radius 1 is 1.24 bits per heavy atom. The number of nitrogens with zero attached hydrogens (tertiary/aromatic N) is 1. The van der Waals surface area contributed by atoms with Crippen LogP contribution in [0.2, 0.25) is 0 Å².